The third kappa shape index (κ3) is 1.78. The molecule has 13 heavy (non-hydrogen) atoms. The number of nitrogens with zero attached hydrogens (tertiary/aromatic N) is 2. The Labute approximate surface area is 72.6 Å². The maximum Gasteiger partial charge on any atom is 0.280 e. The topological polar surface area (TPSA) is 36.7 Å². The van der Waals surface area contributed by atoms with E-state index in [0.29, 0.717) is 0 Å². The molecular formula is C8H5F3N2. The predicted molar refractivity (Wildman–Crippen MR) is 38.6 cm³/mol. The van der Waals surface area contributed by atoms with Crippen LogP contribution in [0.15, 0.2) is 6.07 Å². The van der Waals surface area contributed by atoms with Gasteiger partial charge in [0.25, 0.3) is 6.43 Å². The highest BCUT2D eigenvalue weighted by Crippen LogP contribution is 2.20. The van der Waals surface area contributed by atoms with Crippen molar-refractivity contribution in [2.45, 2.75) is 13.3 Å². The van der Waals surface area contributed by atoms with Crippen molar-refractivity contribution in [1.82, 2.24) is 4.98 Å². The summed E-state index contributed by atoms with van der Waals surface area (Å²) in [7, 11) is 0. The first-order chi connectivity index (χ1) is 6.06. The molecule has 5 heteroatoms. The average molecular weight is 186 g/mol. The second kappa shape index (κ2) is 3.44. The molecule has 0 atom stereocenters. The van der Waals surface area contributed by atoms with E-state index in [1.807, 2.05) is 0 Å². The van der Waals surface area contributed by atoms with Gasteiger partial charge in [0.2, 0.25) is 0 Å². The Kier molecular flexibility index (Phi) is 2.52. The van der Waals surface area contributed by atoms with E-state index in [2.05, 4.69) is 4.98 Å². The van der Waals surface area contributed by atoms with Crippen LogP contribution in [-0.2, 0) is 0 Å². The summed E-state index contributed by atoms with van der Waals surface area (Å²) in [5.74, 6) is -0.841. The minimum Gasteiger partial charge on any atom is -0.249 e. The van der Waals surface area contributed by atoms with Gasteiger partial charge in [-0.15, -0.1) is 0 Å². The largest absolute Gasteiger partial charge is 0.280 e. The molecule has 1 aromatic heterocycles. The molecule has 0 saturated heterocycles. The Bertz CT molecular complexity index is 368. The quantitative estimate of drug-likeness (QED) is 0.674. The van der Waals surface area contributed by atoms with Gasteiger partial charge in [-0.1, -0.05) is 0 Å². The lowest BCUT2D eigenvalue weighted by molar-refractivity contribution is 0.145. The molecule has 0 aliphatic carbocycles. The first-order valence-corrected chi connectivity index (χ1v) is 3.41. The van der Waals surface area contributed by atoms with Crippen LogP contribution < -0.4 is 0 Å². The number of hydrogen-bond donors (Lipinski definition) is 0. The van der Waals surface area contributed by atoms with Crippen LogP contribution in [0.25, 0.3) is 0 Å². The van der Waals surface area contributed by atoms with Gasteiger partial charge < -0.3 is 0 Å². The Morgan fingerprint density at radius 1 is 1.54 bits per heavy atom. The first-order valence-electron chi connectivity index (χ1n) is 3.41. The molecule has 0 aliphatic rings. The maximum absolute atomic E-state index is 12.9. The molecule has 0 aromatic carbocycles. The van der Waals surface area contributed by atoms with Crippen LogP contribution in [0.5, 0.6) is 0 Å². The van der Waals surface area contributed by atoms with Crippen molar-refractivity contribution in [2.24, 2.45) is 0 Å². The van der Waals surface area contributed by atoms with Gasteiger partial charge in [0.15, 0.2) is 5.82 Å². The molecule has 0 saturated carbocycles. The number of nitriles is 1. The van der Waals surface area contributed by atoms with Crippen molar-refractivity contribution in [1.29, 1.82) is 5.26 Å². The fraction of sp³-hybridized carbons (Fsp3) is 0.250. The monoisotopic (exact) mass is 186 g/mol. The first kappa shape index (κ1) is 9.52. The molecule has 1 rings (SSSR count). The second-order valence-corrected chi connectivity index (χ2v) is 2.41. The van der Waals surface area contributed by atoms with Gasteiger partial charge in [0.05, 0.1) is 11.3 Å². The van der Waals surface area contributed by atoms with Gasteiger partial charge in [-0.25, -0.2) is 18.2 Å². The van der Waals surface area contributed by atoms with Crippen LogP contribution in [0.4, 0.5) is 13.2 Å². The highest BCUT2D eigenvalue weighted by atomic mass is 19.3. The van der Waals surface area contributed by atoms with Crippen molar-refractivity contribution in [2.75, 3.05) is 0 Å². The highest BCUT2D eigenvalue weighted by molar-refractivity contribution is 5.33. The number of alkyl halides is 2. The van der Waals surface area contributed by atoms with E-state index in [0.717, 1.165) is 6.07 Å². The lowest BCUT2D eigenvalue weighted by Crippen LogP contribution is -1.99. The van der Waals surface area contributed by atoms with Crippen molar-refractivity contribution in [3.8, 4) is 6.07 Å². The predicted octanol–water partition coefficient (Wildman–Crippen LogP) is 2.34. The number of aromatic nitrogens is 1. The minimum absolute atomic E-state index is 0.186. The van der Waals surface area contributed by atoms with E-state index in [1.54, 1.807) is 0 Å². The summed E-state index contributed by atoms with van der Waals surface area (Å²) < 4.78 is 37.1. The molecule has 0 amide bonds. The van der Waals surface area contributed by atoms with E-state index in [9.17, 15) is 13.2 Å². The van der Waals surface area contributed by atoms with Crippen LogP contribution in [-0.4, -0.2) is 4.98 Å². The molecule has 0 fully saturated rings. The number of aryl methyl sites for hydroxylation is 1. The van der Waals surface area contributed by atoms with E-state index in [4.69, 9.17) is 5.26 Å². The standard InChI is InChI=1S/C8H5F3N2/c1-4-7(9)5(3-12)2-6(13-4)8(10)11/h2,8H,1H3. The average Bonchev–Trinajstić information content (AvgIpc) is 2.09. The number of pyridine rings is 1. The Morgan fingerprint density at radius 2 is 2.15 bits per heavy atom. The van der Waals surface area contributed by atoms with Crippen molar-refractivity contribution in [3.63, 3.8) is 0 Å². The fourth-order valence-corrected chi connectivity index (χ4v) is 0.874. The zero-order chi connectivity index (χ0) is 10.0. The van der Waals surface area contributed by atoms with Crippen LogP contribution in [0.3, 0.4) is 0 Å². The lowest BCUT2D eigenvalue weighted by Gasteiger charge is -2.02. The van der Waals surface area contributed by atoms with Gasteiger partial charge in [-0.05, 0) is 13.0 Å². The molecule has 0 N–H and O–H groups in total. The summed E-state index contributed by atoms with van der Waals surface area (Å²) in [4.78, 5) is 3.30. The molecule has 68 valence electrons. The molecule has 0 aliphatic heterocycles. The normalized spacial score (nSPS) is 10.2. The van der Waals surface area contributed by atoms with Gasteiger partial charge in [-0.3, -0.25) is 0 Å². The Balaban J connectivity index is 3.32. The van der Waals surface area contributed by atoms with E-state index >= 15 is 0 Å². The third-order valence-corrected chi connectivity index (χ3v) is 1.49. The molecule has 2 nitrogen and oxygen atoms in total. The Hall–Kier alpha value is -1.57. The highest BCUT2D eigenvalue weighted by Gasteiger charge is 2.14. The van der Waals surface area contributed by atoms with Crippen molar-refractivity contribution >= 4 is 0 Å². The molecule has 0 bridgehead atoms. The molecule has 1 heterocycles. The van der Waals surface area contributed by atoms with E-state index < -0.39 is 23.5 Å². The van der Waals surface area contributed by atoms with E-state index in [-0.39, 0.29) is 5.69 Å². The summed E-state index contributed by atoms with van der Waals surface area (Å²) >= 11 is 0. The molecule has 0 unspecified atom stereocenters. The number of rotatable bonds is 1. The summed E-state index contributed by atoms with van der Waals surface area (Å²) in [5, 5.41) is 8.39. The number of hydrogen-bond acceptors (Lipinski definition) is 2. The van der Waals surface area contributed by atoms with Gasteiger partial charge >= 0.3 is 0 Å². The SMILES string of the molecule is Cc1nc(C(F)F)cc(C#N)c1F. The van der Waals surface area contributed by atoms with Gasteiger partial charge in [0, 0.05) is 0 Å². The van der Waals surface area contributed by atoms with Crippen LogP contribution in [0.1, 0.15) is 23.4 Å². The zero-order valence-electron chi connectivity index (χ0n) is 6.68. The smallest absolute Gasteiger partial charge is 0.249 e. The summed E-state index contributed by atoms with van der Waals surface area (Å²) in [6.45, 7) is 1.24. The van der Waals surface area contributed by atoms with Crippen LogP contribution >= 0.6 is 0 Å². The summed E-state index contributed by atoms with van der Waals surface area (Å²) in [6, 6.07) is 2.24. The molecular weight excluding hydrogens is 181 g/mol. The second-order valence-electron chi connectivity index (χ2n) is 2.41. The maximum atomic E-state index is 12.9. The third-order valence-electron chi connectivity index (χ3n) is 1.49. The summed E-state index contributed by atoms with van der Waals surface area (Å²) in [5.41, 5.74) is -1.16. The zero-order valence-corrected chi connectivity index (χ0v) is 6.68. The van der Waals surface area contributed by atoms with Crippen LogP contribution in [0.2, 0.25) is 0 Å². The molecule has 0 radical (unpaired) electrons. The van der Waals surface area contributed by atoms with Gasteiger partial charge in [0.1, 0.15) is 11.8 Å². The van der Waals surface area contributed by atoms with E-state index in [1.165, 1.54) is 13.0 Å². The number of halogens is 3. The fourth-order valence-electron chi connectivity index (χ4n) is 0.874. The lowest BCUT2D eigenvalue weighted by atomic mass is 10.2. The summed E-state index contributed by atoms with van der Waals surface area (Å²) in [6.07, 6.45) is -2.79. The minimum atomic E-state index is -2.79. The van der Waals surface area contributed by atoms with Crippen molar-refractivity contribution in [3.05, 3.63) is 28.8 Å². The van der Waals surface area contributed by atoms with Crippen molar-refractivity contribution < 1.29 is 13.2 Å². The Morgan fingerprint density at radius 3 is 2.62 bits per heavy atom. The van der Waals surface area contributed by atoms with Gasteiger partial charge in [-0.2, -0.15) is 5.26 Å². The molecule has 1 aromatic rings. The molecule has 0 spiro atoms. The van der Waals surface area contributed by atoms with Crippen LogP contribution in [0, 0.1) is 24.1 Å².